The molecule has 2 aromatic carbocycles. The second-order valence-corrected chi connectivity index (χ2v) is 10.8. The van der Waals surface area contributed by atoms with Crippen molar-refractivity contribution in [3.63, 3.8) is 0 Å². The van der Waals surface area contributed by atoms with Gasteiger partial charge >= 0.3 is 11.7 Å². The van der Waals surface area contributed by atoms with Gasteiger partial charge in [0.05, 0.1) is 17.3 Å². The van der Waals surface area contributed by atoms with E-state index in [0.29, 0.717) is 23.1 Å². The lowest BCUT2D eigenvalue weighted by molar-refractivity contribution is 0.153. The number of hydrogen-bond donors (Lipinski definition) is 3. The summed E-state index contributed by atoms with van der Waals surface area (Å²) in [5.41, 5.74) is 1.09. The van der Waals surface area contributed by atoms with Gasteiger partial charge in [0, 0.05) is 43.6 Å². The van der Waals surface area contributed by atoms with E-state index in [-0.39, 0.29) is 40.4 Å². The molecule has 1 aliphatic heterocycles. The molecule has 0 saturated carbocycles. The van der Waals surface area contributed by atoms with Crippen LogP contribution in [0.1, 0.15) is 28.7 Å². The number of rotatable bonds is 9. The van der Waals surface area contributed by atoms with Crippen LogP contribution in [0.2, 0.25) is 5.02 Å². The maximum absolute atomic E-state index is 15.1. The third-order valence-corrected chi connectivity index (χ3v) is 7.78. The molecule has 1 fully saturated rings. The molecule has 2 heterocycles. The first kappa shape index (κ1) is 26.9. The quantitative estimate of drug-likeness (QED) is 0.347. The lowest BCUT2D eigenvalue weighted by atomic mass is 9.96. The summed E-state index contributed by atoms with van der Waals surface area (Å²) in [4.78, 5) is 27.4. The molecular weight excluding hydrogens is 527 g/mol. The molecule has 10 nitrogen and oxygen atoms in total. The van der Waals surface area contributed by atoms with E-state index in [0.717, 1.165) is 24.4 Å². The van der Waals surface area contributed by atoms with Gasteiger partial charge in [-0.3, -0.25) is 9.62 Å². The van der Waals surface area contributed by atoms with Crippen LogP contribution in [-0.4, -0.2) is 56.6 Å². The number of carboxylic acid groups (broad SMARTS) is 1. The standard InChI is InChI=1S/C24H26ClFN4O6S/c1-27-37(34,35)28-20-6-3-5-14(22(20)25)9-17-18(13-30-7-4-8-30)16-11-19(26)15(12-29(2)24(32)33)10-21(16)36-23(17)31/h3,5-6,10-11,27-28H,4,7-9,12-13H2,1-2H3,(H,32,33). The summed E-state index contributed by atoms with van der Waals surface area (Å²) >= 11 is 6.50. The Balaban J connectivity index is 1.81. The van der Waals surface area contributed by atoms with Gasteiger partial charge in [-0.2, -0.15) is 8.42 Å². The minimum atomic E-state index is -3.82. The number of benzene rings is 2. The lowest BCUT2D eigenvalue weighted by Crippen LogP contribution is -2.37. The maximum Gasteiger partial charge on any atom is 0.407 e. The van der Waals surface area contributed by atoms with Crippen LogP contribution < -0.4 is 15.1 Å². The fraction of sp³-hybridized carbons (Fsp3) is 0.333. The zero-order valence-electron chi connectivity index (χ0n) is 20.2. The van der Waals surface area contributed by atoms with Gasteiger partial charge in [0.2, 0.25) is 0 Å². The van der Waals surface area contributed by atoms with Crippen LogP contribution in [-0.2, 0) is 29.7 Å². The fourth-order valence-corrected chi connectivity index (χ4v) is 4.97. The Bertz CT molecular complexity index is 1520. The zero-order chi connectivity index (χ0) is 26.9. The summed E-state index contributed by atoms with van der Waals surface area (Å²) in [6, 6.07) is 7.39. The lowest BCUT2D eigenvalue weighted by Gasteiger charge is -2.31. The molecule has 0 aliphatic carbocycles. The Morgan fingerprint density at radius 2 is 1.97 bits per heavy atom. The molecule has 198 valence electrons. The zero-order valence-corrected chi connectivity index (χ0v) is 21.7. The van der Waals surface area contributed by atoms with Crippen LogP contribution in [0.15, 0.2) is 39.5 Å². The van der Waals surface area contributed by atoms with Gasteiger partial charge in [0.25, 0.3) is 10.2 Å². The van der Waals surface area contributed by atoms with E-state index in [4.69, 9.17) is 21.1 Å². The van der Waals surface area contributed by atoms with Gasteiger partial charge in [0.15, 0.2) is 0 Å². The number of hydrogen-bond acceptors (Lipinski definition) is 6. The van der Waals surface area contributed by atoms with E-state index in [2.05, 4.69) is 14.3 Å². The number of nitrogens with one attached hydrogen (secondary N) is 2. The molecule has 13 heteroatoms. The van der Waals surface area contributed by atoms with Crippen molar-refractivity contribution >= 4 is 44.6 Å². The summed E-state index contributed by atoms with van der Waals surface area (Å²) in [6.07, 6.45) is -0.180. The highest BCUT2D eigenvalue weighted by Crippen LogP contribution is 2.32. The van der Waals surface area contributed by atoms with E-state index >= 15 is 4.39 Å². The smallest absolute Gasteiger partial charge is 0.407 e. The second-order valence-electron chi connectivity index (χ2n) is 8.82. The van der Waals surface area contributed by atoms with Crippen molar-refractivity contribution in [2.24, 2.45) is 0 Å². The third-order valence-electron chi connectivity index (χ3n) is 6.31. The highest BCUT2D eigenvalue weighted by molar-refractivity contribution is 7.90. The van der Waals surface area contributed by atoms with Crippen molar-refractivity contribution < 1.29 is 27.1 Å². The normalized spacial score (nSPS) is 13.9. The predicted molar refractivity (Wildman–Crippen MR) is 138 cm³/mol. The van der Waals surface area contributed by atoms with Crippen molar-refractivity contribution in [2.45, 2.75) is 25.9 Å². The molecule has 0 radical (unpaired) electrons. The van der Waals surface area contributed by atoms with Crippen molar-refractivity contribution in [3.8, 4) is 0 Å². The molecular formula is C24H26ClFN4O6S. The molecule has 4 rings (SSSR count). The summed E-state index contributed by atoms with van der Waals surface area (Å²) in [6.45, 7) is 1.82. The molecule has 1 aromatic heterocycles. The van der Waals surface area contributed by atoms with E-state index in [1.165, 1.54) is 32.3 Å². The van der Waals surface area contributed by atoms with Gasteiger partial charge in [-0.25, -0.2) is 18.7 Å². The average molecular weight is 553 g/mol. The predicted octanol–water partition coefficient (Wildman–Crippen LogP) is 3.37. The number of anilines is 1. The highest BCUT2D eigenvalue weighted by atomic mass is 35.5. The largest absolute Gasteiger partial charge is 0.465 e. The van der Waals surface area contributed by atoms with Gasteiger partial charge in [-0.15, -0.1) is 0 Å². The second kappa shape index (κ2) is 10.7. The van der Waals surface area contributed by atoms with Crippen LogP contribution in [0.4, 0.5) is 14.9 Å². The molecule has 1 amide bonds. The molecule has 0 bridgehead atoms. The first-order valence-corrected chi connectivity index (χ1v) is 13.3. The third kappa shape index (κ3) is 5.87. The van der Waals surface area contributed by atoms with Crippen molar-refractivity contribution in [2.75, 3.05) is 31.9 Å². The minimum Gasteiger partial charge on any atom is -0.465 e. The molecule has 0 atom stereocenters. The van der Waals surface area contributed by atoms with Crippen LogP contribution in [0.25, 0.3) is 11.0 Å². The van der Waals surface area contributed by atoms with Gasteiger partial charge in [-0.05, 0) is 48.8 Å². The Hall–Kier alpha value is -3.19. The minimum absolute atomic E-state index is 0.0283. The number of amides is 1. The van der Waals surface area contributed by atoms with Crippen LogP contribution in [0.3, 0.4) is 0 Å². The Morgan fingerprint density at radius 3 is 2.59 bits per heavy atom. The topological polar surface area (TPSA) is 132 Å². The summed E-state index contributed by atoms with van der Waals surface area (Å²) in [5.74, 6) is -0.619. The first-order valence-electron chi connectivity index (χ1n) is 11.4. The Kier molecular flexibility index (Phi) is 7.74. The maximum atomic E-state index is 15.1. The Labute approximate surface area is 217 Å². The molecule has 1 aliphatic rings. The van der Waals surface area contributed by atoms with Gasteiger partial charge in [-0.1, -0.05) is 23.7 Å². The number of carbonyl (C=O) groups is 1. The van der Waals surface area contributed by atoms with Crippen molar-refractivity contribution in [1.29, 1.82) is 0 Å². The van der Waals surface area contributed by atoms with E-state index in [1.54, 1.807) is 12.1 Å². The molecule has 3 aromatic rings. The fourth-order valence-electron chi connectivity index (χ4n) is 4.11. The molecule has 0 unspecified atom stereocenters. The number of halogens is 2. The molecule has 1 saturated heterocycles. The van der Waals surface area contributed by atoms with Crippen molar-refractivity contribution in [3.05, 3.63) is 73.8 Å². The first-order chi connectivity index (χ1) is 17.5. The van der Waals surface area contributed by atoms with E-state index in [9.17, 15) is 18.0 Å². The van der Waals surface area contributed by atoms with Crippen LogP contribution >= 0.6 is 11.6 Å². The molecule has 3 N–H and O–H groups in total. The summed E-state index contributed by atoms with van der Waals surface area (Å²) < 4.78 is 49.0. The van der Waals surface area contributed by atoms with Crippen LogP contribution in [0.5, 0.6) is 0 Å². The highest BCUT2D eigenvalue weighted by Gasteiger charge is 2.24. The van der Waals surface area contributed by atoms with Crippen molar-refractivity contribution in [1.82, 2.24) is 14.5 Å². The SMILES string of the molecule is CNS(=O)(=O)Nc1cccc(Cc2c(CN3CCC3)c3cc(F)c(CN(C)C(=O)O)cc3oc2=O)c1Cl. The molecule has 0 spiro atoms. The number of likely N-dealkylation sites (tertiary alicyclic amines) is 1. The molecule has 37 heavy (non-hydrogen) atoms. The van der Waals surface area contributed by atoms with E-state index < -0.39 is 27.7 Å². The Morgan fingerprint density at radius 1 is 1.24 bits per heavy atom. The number of fused-ring (bicyclic) bond motifs is 1. The van der Waals surface area contributed by atoms with Gasteiger partial charge in [0.1, 0.15) is 11.4 Å². The number of nitrogens with zero attached hydrogens (tertiary/aromatic N) is 2. The van der Waals surface area contributed by atoms with Gasteiger partial charge < -0.3 is 14.4 Å². The van der Waals surface area contributed by atoms with E-state index in [1.807, 2.05) is 0 Å². The monoisotopic (exact) mass is 552 g/mol. The van der Waals surface area contributed by atoms with Crippen LogP contribution in [0, 0.1) is 5.82 Å². The average Bonchev–Trinajstić information content (AvgIpc) is 2.81. The summed E-state index contributed by atoms with van der Waals surface area (Å²) in [7, 11) is -1.25. The summed E-state index contributed by atoms with van der Waals surface area (Å²) in [5, 5.41) is 9.66.